The SMILES string of the molecule is CCC(C)(CCl)NC(=O)c1ccc(Br)cc1C(F)(F)F. The summed E-state index contributed by atoms with van der Waals surface area (Å²) in [6, 6.07) is 3.43. The Morgan fingerprint density at radius 2 is 2.00 bits per heavy atom. The van der Waals surface area contributed by atoms with Crippen molar-refractivity contribution in [3.8, 4) is 0 Å². The highest BCUT2D eigenvalue weighted by atomic mass is 79.9. The van der Waals surface area contributed by atoms with Gasteiger partial charge in [-0.2, -0.15) is 13.2 Å². The van der Waals surface area contributed by atoms with Crippen molar-refractivity contribution in [1.82, 2.24) is 5.32 Å². The maximum Gasteiger partial charge on any atom is 0.417 e. The van der Waals surface area contributed by atoms with Crippen molar-refractivity contribution in [3.63, 3.8) is 0 Å². The van der Waals surface area contributed by atoms with Crippen LogP contribution >= 0.6 is 27.5 Å². The fourth-order valence-corrected chi connectivity index (χ4v) is 2.12. The molecule has 0 aliphatic heterocycles. The molecule has 0 aromatic heterocycles. The van der Waals surface area contributed by atoms with Crippen LogP contribution in [0.25, 0.3) is 0 Å². The van der Waals surface area contributed by atoms with Gasteiger partial charge in [0.15, 0.2) is 0 Å². The molecule has 1 N–H and O–H groups in total. The summed E-state index contributed by atoms with van der Waals surface area (Å²) in [6.45, 7) is 3.49. The Kier molecular flexibility index (Phi) is 5.49. The Hall–Kier alpha value is -0.750. The molecule has 2 nitrogen and oxygen atoms in total. The van der Waals surface area contributed by atoms with Crippen LogP contribution in [-0.4, -0.2) is 17.3 Å². The molecule has 0 saturated carbocycles. The standard InChI is InChI=1S/C13H14BrClF3NO/c1-3-12(2,7-15)19-11(20)9-5-4-8(14)6-10(9)13(16,17)18/h4-6H,3,7H2,1-2H3,(H,19,20). The van der Waals surface area contributed by atoms with Crippen molar-refractivity contribution in [2.45, 2.75) is 32.0 Å². The van der Waals surface area contributed by atoms with Gasteiger partial charge in [0.1, 0.15) is 0 Å². The third-order valence-corrected chi connectivity index (χ3v) is 4.11. The Bertz CT molecular complexity index is 501. The summed E-state index contributed by atoms with van der Waals surface area (Å²) >= 11 is 8.72. The third kappa shape index (κ3) is 4.12. The molecule has 0 bridgehead atoms. The number of nitrogens with one attached hydrogen (secondary N) is 1. The van der Waals surface area contributed by atoms with E-state index in [-0.39, 0.29) is 10.4 Å². The lowest BCUT2D eigenvalue weighted by Crippen LogP contribution is -2.47. The van der Waals surface area contributed by atoms with Gasteiger partial charge in [-0.3, -0.25) is 4.79 Å². The summed E-state index contributed by atoms with van der Waals surface area (Å²) in [7, 11) is 0. The number of rotatable bonds is 4. The zero-order valence-corrected chi connectivity index (χ0v) is 13.3. The third-order valence-electron chi connectivity index (χ3n) is 3.02. The second-order valence-electron chi connectivity index (χ2n) is 4.69. The molecule has 1 atom stereocenters. The van der Waals surface area contributed by atoms with Crippen molar-refractivity contribution >= 4 is 33.4 Å². The Morgan fingerprint density at radius 3 is 2.45 bits per heavy atom. The fraction of sp³-hybridized carbons (Fsp3) is 0.462. The summed E-state index contributed by atoms with van der Waals surface area (Å²) in [5, 5.41) is 2.55. The molecule has 0 fully saturated rings. The number of halogens is 5. The van der Waals surface area contributed by atoms with Crippen molar-refractivity contribution in [2.75, 3.05) is 5.88 Å². The van der Waals surface area contributed by atoms with Crippen molar-refractivity contribution in [2.24, 2.45) is 0 Å². The molecule has 0 aliphatic carbocycles. The second kappa shape index (κ2) is 6.35. The molecule has 1 aromatic rings. The molecule has 112 valence electrons. The summed E-state index contributed by atoms with van der Waals surface area (Å²) in [5.41, 5.74) is -2.13. The zero-order chi connectivity index (χ0) is 15.6. The molecule has 20 heavy (non-hydrogen) atoms. The van der Waals surface area contributed by atoms with Crippen LogP contribution < -0.4 is 5.32 Å². The number of alkyl halides is 4. The van der Waals surface area contributed by atoms with E-state index in [1.807, 2.05) is 0 Å². The summed E-state index contributed by atoms with van der Waals surface area (Å²) in [4.78, 5) is 12.1. The summed E-state index contributed by atoms with van der Waals surface area (Å²) < 4.78 is 39.1. The van der Waals surface area contributed by atoms with E-state index in [0.717, 1.165) is 12.1 Å². The van der Waals surface area contributed by atoms with Crippen LogP contribution in [0.2, 0.25) is 0 Å². The number of hydrogen-bond acceptors (Lipinski definition) is 1. The van der Waals surface area contributed by atoms with E-state index >= 15 is 0 Å². The molecule has 0 spiro atoms. The van der Waals surface area contributed by atoms with Crippen LogP contribution in [0.3, 0.4) is 0 Å². The molecular formula is C13H14BrClF3NO. The highest BCUT2D eigenvalue weighted by Gasteiger charge is 2.36. The predicted octanol–water partition coefficient (Wildman–Crippen LogP) is 4.61. The number of amides is 1. The van der Waals surface area contributed by atoms with Crippen molar-refractivity contribution < 1.29 is 18.0 Å². The van der Waals surface area contributed by atoms with Crippen molar-refractivity contribution in [3.05, 3.63) is 33.8 Å². The monoisotopic (exact) mass is 371 g/mol. The Morgan fingerprint density at radius 1 is 1.40 bits per heavy atom. The van der Waals surface area contributed by atoms with Crippen LogP contribution in [0.5, 0.6) is 0 Å². The normalized spacial score (nSPS) is 14.8. The van der Waals surface area contributed by atoms with Crippen molar-refractivity contribution in [1.29, 1.82) is 0 Å². The lowest BCUT2D eigenvalue weighted by molar-refractivity contribution is -0.138. The number of benzene rings is 1. The molecule has 1 rings (SSSR count). The van der Waals surface area contributed by atoms with Crippen LogP contribution in [0.15, 0.2) is 22.7 Å². The first-order chi connectivity index (χ1) is 9.13. The minimum absolute atomic E-state index is 0.118. The maximum atomic E-state index is 13.0. The molecule has 0 radical (unpaired) electrons. The molecule has 0 aliphatic rings. The smallest absolute Gasteiger partial charge is 0.346 e. The second-order valence-corrected chi connectivity index (χ2v) is 5.87. The van der Waals surface area contributed by atoms with Gasteiger partial charge in [-0.25, -0.2) is 0 Å². The van der Waals surface area contributed by atoms with Crippen LogP contribution in [-0.2, 0) is 6.18 Å². The topological polar surface area (TPSA) is 29.1 Å². The average Bonchev–Trinajstić information content (AvgIpc) is 2.37. The van der Waals surface area contributed by atoms with Gasteiger partial charge in [0, 0.05) is 10.4 Å². The number of carbonyl (C=O) groups excluding carboxylic acids is 1. The lowest BCUT2D eigenvalue weighted by atomic mass is 9.99. The van der Waals surface area contributed by atoms with Gasteiger partial charge in [-0.05, 0) is 31.5 Å². The van der Waals surface area contributed by atoms with Crippen LogP contribution in [0.1, 0.15) is 36.2 Å². The molecule has 0 saturated heterocycles. The molecular weight excluding hydrogens is 358 g/mol. The number of carbonyl (C=O) groups is 1. The lowest BCUT2D eigenvalue weighted by Gasteiger charge is -2.27. The van der Waals surface area contributed by atoms with Crippen LogP contribution in [0.4, 0.5) is 13.2 Å². The summed E-state index contributed by atoms with van der Waals surface area (Å²) in [6.07, 6.45) is -4.08. The average molecular weight is 373 g/mol. The maximum absolute atomic E-state index is 13.0. The quantitative estimate of drug-likeness (QED) is 0.769. The highest BCUT2D eigenvalue weighted by Crippen LogP contribution is 2.34. The van der Waals surface area contributed by atoms with E-state index < -0.39 is 28.7 Å². The first kappa shape index (κ1) is 17.3. The summed E-state index contributed by atoms with van der Waals surface area (Å²) in [5.74, 6) is -0.664. The van der Waals surface area contributed by atoms with Gasteiger partial charge in [0.2, 0.25) is 0 Å². The molecule has 7 heteroatoms. The highest BCUT2D eigenvalue weighted by molar-refractivity contribution is 9.10. The minimum Gasteiger partial charge on any atom is -0.346 e. The minimum atomic E-state index is -4.60. The van der Waals surface area contributed by atoms with Crippen LogP contribution in [0, 0.1) is 0 Å². The van der Waals surface area contributed by atoms with E-state index in [1.165, 1.54) is 6.07 Å². The van der Waals surface area contributed by atoms with E-state index in [9.17, 15) is 18.0 Å². The molecule has 1 unspecified atom stereocenters. The predicted molar refractivity (Wildman–Crippen MR) is 76.0 cm³/mol. The van der Waals surface area contributed by atoms with Gasteiger partial charge in [-0.15, -0.1) is 11.6 Å². The van der Waals surface area contributed by atoms with E-state index in [1.54, 1.807) is 13.8 Å². The molecule has 1 amide bonds. The fourth-order valence-electron chi connectivity index (χ4n) is 1.51. The Labute approximate surface area is 128 Å². The van der Waals surface area contributed by atoms with Gasteiger partial charge in [0.25, 0.3) is 5.91 Å². The largest absolute Gasteiger partial charge is 0.417 e. The zero-order valence-electron chi connectivity index (χ0n) is 10.9. The van der Waals surface area contributed by atoms with E-state index in [4.69, 9.17) is 11.6 Å². The van der Waals surface area contributed by atoms with Gasteiger partial charge >= 0.3 is 6.18 Å². The first-order valence-electron chi connectivity index (χ1n) is 5.88. The first-order valence-corrected chi connectivity index (χ1v) is 7.21. The Balaban J connectivity index is 3.17. The van der Waals surface area contributed by atoms with E-state index in [0.29, 0.717) is 6.42 Å². The molecule has 1 aromatic carbocycles. The van der Waals surface area contributed by atoms with E-state index in [2.05, 4.69) is 21.2 Å². The van der Waals surface area contributed by atoms with Gasteiger partial charge < -0.3 is 5.32 Å². The van der Waals surface area contributed by atoms with Gasteiger partial charge in [0.05, 0.1) is 16.7 Å². The number of hydrogen-bond donors (Lipinski definition) is 1. The molecule has 0 heterocycles. The van der Waals surface area contributed by atoms with Gasteiger partial charge in [-0.1, -0.05) is 22.9 Å².